The van der Waals surface area contributed by atoms with Crippen LogP contribution < -0.4 is 5.32 Å². The van der Waals surface area contributed by atoms with Crippen molar-refractivity contribution in [1.82, 2.24) is 5.32 Å². The quantitative estimate of drug-likeness (QED) is 0.762. The molecular weight excluding hydrogens is 242 g/mol. The highest BCUT2D eigenvalue weighted by Crippen LogP contribution is 2.33. The van der Waals surface area contributed by atoms with Gasteiger partial charge in [-0.1, -0.05) is 0 Å². The molecule has 2 nitrogen and oxygen atoms in total. The lowest BCUT2D eigenvalue weighted by atomic mass is 9.94. The topological polar surface area (TPSA) is 21.3 Å². The minimum Gasteiger partial charge on any atom is -0.381 e. The maximum atomic E-state index is 5.66. The van der Waals surface area contributed by atoms with E-state index in [0.29, 0.717) is 6.04 Å². The van der Waals surface area contributed by atoms with Crippen LogP contribution in [0.4, 0.5) is 0 Å². The number of hydrogen-bond donors (Lipinski definition) is 1. The molecule has 1 atom stereocenters. The monoisotopic (exact) mass is 265 g/mol. The first-order valence-corrected chi connectivity index (χ1v) is 8.19. The highest BCUT2D eigenvalue weighted by atomic mass is 32.1. The lowest BCUT2D eigenvalue weighted by Crippen LogP contribution is -2.25. The first-order chi connectivity index (χ1) is 8.93. The van der Waals surface area contributed by atoms with Gasteiger partial charge in [0.1, 0.15) is 0 Å². The predicted molar refractivity (Wildman–Crippen MR) is 76.2 cm³/mol. The molecule has 3 heteroatoms. The van der Waals surface area contributed by atoms with Gasteiger partial charge >= 0.3 is 0 Å². The minimum absolute atomic E-state index is 0.600. The van der Waals surface area contributed by atoms with Gasteiger partial charge in [-0.05, 0) is 68.0 Å². The van der Waals surface area contributed by atoms with Crippen molar-refractivity contribution in [2.75, 3.05) is 19.8 Å². The van der Waals surface area contributed by atoms with E-state index in [2.05, 4.69) is 16.8 Å². The number of thiophene rings is 1. The molecule has 2 aliphatic carbocycles. The zero-order valence-corrected chi connectivity index (χ0v) is 11.8. The molecule has 100 valence electrons. The Labute approximate surface area is 114 Å². The van der Waals surface area contributed by atoms with Gasteiger partial charge in [0.05, 0.1) is 0 Å². The lowest BCUT2D eigenvalue weighted by Gasteiger charge is -2.23. The fourth-order valence-corrected chi connectivity index (χ4v) is 3.67. The van der Waals surface area contributed by atoms with Gasteiger partial charge in [0.25, 0.3) is 0 Å². The van der Waals surface area contributed by atoms with Crippen molar-refractivity contribution < 1.29 is 4.74 Å². The Morgan fingerprint density at radius 1 is 1.33 bits per heavy atom. The van der Waals surface area contributed by atoms with E-state index < -0.39 is 0 Å². The second-order valence-electron chi connectivity index (χ2n) is 5.57. The van der Waals surface area contributed by atoms with Crippen LogP contribution in [0, 0.1) is 5.92 Å². The van der Waals surface area contributed by atoms with Crippen molar-refractivity contribution in [2.45, 2.75) is 44.6 Å². The van der Waals surface area contributed by atoms with Crippen LogP contribution in [0.25, 0.3) is 0 Å². The highest BCUT2D eigenvalue weighted by Gasteiger charge is 2.21. The number of ether oxygens (including phenoxy) is 1. The van der Waals surface area contributed by atoms with Crippen LogP contribution in [0.5, 0.6) is 0 Å². The van der Waals surface area contributed by atoms with Crippen LogP contribution in [0.1, 0.15) is 48.6 Å². The molecule has 0 bridgehead atoms. The molecule has 0 amide bonds. The van der Waals surface area contributed by atoms with Crippen LogP contribution >= 0.6 is 11.3 Å². The number of hydrogen-bond acceptors (Lipinski definition) is 3. The van der Waals surface area contributed by atoms with Crippen LogP contribution in [0.15, 0.2) is 11.4 Å². The number of aryl methyl sites for hydroxylation is 1. The highest BCUT2D eigenvalue weighted by molar-refractivity contribution is 7.10. The summed E-state index contributed by atoms with van der Waals surface area (Å²) in [6.07, 6.45) is 7.84. The third-order valence-corrected chi connectivity index (χ3v) is 4.96. The molecule has 1 N–H and O–H groups in total. The Balaban J connectivity index is 1.33. The molecule has 1 fully saturated rings. The standard InChI is InChI=1S/C15H23NOS/c1-3-14(13-7-10-18-15(13)4-1)16-8-2-9-17-11-12-5-6-12/h7,10,12,14,16H,1-6,8-9,11H2. The lowest BCUT2D eigenvalue weighted by molar-refractivity contribution is 0.121. The number of rotatable bonds is 7. The molecule has 1 heterocycles. The summed E-state index contributed by atoms with van der Waals surface area (Å²) in [5.74, 6) is 0.893. The zero-order valence-electron chi connectivity index (χ0n) is 11.0. The van der Waals surface area contributed by atoms with Crippen molar-refractivity contribution in [1.29, 1.82) is 0 Å². The Morgan fingerprint density at radius 2 is 2.28 bits per heavy atom. The van der Waals surface area contributed by atoms with Gasteiger partial charge in [-0.3, -0.25) is 0 Å². The van der Waals surface area contributed by atoms with E-state index in [1.54, 1.807) is 10.4 Å². The predicted octanol–water partition coefficient (Wildman–Crippen LogP) is 3.53. The van der Waals surface area contributed by atoms with Gasteiger partial charge in [0.15, 0.2) is 0 Å². The molecule has 3 rings (SSSR count). The Bertz CT molecular complexity index is 372. The molecule has 0 aliphatic heterocycles. The van der Waals surface area contributed by atoms with Crippen molar-refractivity contribution >= 4 is 11.3 Å². The molecule has 1 unspecified atom stereocenters. The maximum absolute atomic E-state index is 5.66. The molecule has 18 heavy (non-hydrogen) atoms. The van der Waals surface area contributed by atoms with E-state index in [4.69, 9.17) is 4.74 Å². The molecule has 0 radical (unpaired) electrons. The largest absolute Gasteiger partial charge is 0.381 e. The molecule has 0 saturated heterocycles. The third-order valence-electron chi connectivity index (χ3n) is 3.96. The smallest absolute Gasteiger partial charge is 0.0494 e. The summed E-state index contributed by atoms with van der Waals surface area (Å²) in [6.45, 7) is 3.01. The van der Waals surface area contributed by atoms with E-state index >= 15 is 0 Å². The minimum atomic E-state index is 0.600. The van der Waals surface area contributed by atoms with Crippen LogP contribution in [-0.4, -0.2) is 19.8 Å². The molecule has 0 aromatic carbocycles. The van der Waals surface area contributed by atoms with Gasteiger partial charge in [0, 0.05) is 24.1 Å². The summed E-state index contributed by atoms with van der Waals surface area (Å²) in [5.41, 5.74) is 1.56. The molecule has 0 spiro atoms. The summed E-state index contributed by atoms with van der Waals surface area (Å²) in [5, 5.41) is 5.93. The molecular formula is C15H23NOS. The zero-order chi connectivity index (χ0) is 12.2. The van der Waals surface area contributed by atoms with Crippen molar-refractivity contribution in [3.63, 3.8) is 0 Å². The Kier molecular flexibility index (Phi) is 4.34. The third kappa shape index (κ3) is 3.34. The van der Waals surface area contributed by atoms with Crippen molar-refractivity contribution in [3.05, 3.63) is 21.9 Å². The van der Waals surface area contributed by atoms with Crippen LogP contribution in [-0.2, 0) is 11.2 Å². The van der Waals surface area contributed by atoms with Crippen LogP contribution in [0.2, 0.25) is 0 Å². The van der Waals surface area contributed by atoms with Gasteiger partial charge in [-0.2, -0.15) is 0 Å². The first-order valence-electron chi connectivity index (χ1n) is 7.31. The molecule has 1 aromatic rings. The van der Waals surface area contributed by atoms with Gasteiger partial charge in [-0.15, -0.1) is 11.3 Å². The van der Waals surface area contributed by atoms with E-state index in [0.717, 1.165) is 32.1 Å². The average Bonchev–Trinajstić information content (AvgIpc) is 3.08. The fraction of sp³-hybridized carbons (Fsp3) is 0.733. The van der Waals surface area contributed by atoms with Gasteiger partial charge < -0.3 is 10.1 Å². The first kappa shape index (κ1) is 12.6. The Morgan fingerprint density at radius 3 is 3.17 bits per heavy atom. The summed E-state index contributed by atoms with van der Waals surface area (Å²) in [6, 6.07) is 2.91. The fourth-order valence-electron chi connectivity index (χ4n) is 2.68. The SMILES string of the molecule is c1cc2c(s1)CCCC2NCCCOCC1CC1. The summed E-state index contributed by atoms with van der Waals surface area (Å²) < 4.78 is 5.66. The summed E-state index contributed by atoms with van der Waals surface area (Å²) in [7, 11) is 0. The second kappa shape index (κ2) is 6.18. The second-order valence-corrected chi connectivity index (χ2v) is 6.57. The summed E-state index contributed by atoms with van der Waals surface area (Å²) >= 11 is 1.92. The van der Waals surface area contributed by atoms with Crippen molar-refractivity contribution in [3.8, 4) is 0 Å². The number of nitrogens with one attached hydrogen (secondary N) is 1. The molecule has 1 aromatic heterocycles. The molecule has 1 saturated carbocycles. The summed E-state index contributed by atoms with van der Waals surface area (Å²) in [4.78, 5) is 1.60. The Hall–Kier alpha value is -0.380. The van der Waals surface area contributed by atoms with E-state index in [1.807, 2.05) is 11.3 Å². The van der Waals surface area contributed by atoms with Crippen LogP contribution in [0.3, 0.4) is 0 Å². The maximum Gasteiger partial charge on any atom is 0.0494 e. The average molecular weight is 265 g/mol. The van der Waals surface area contributed by atoms with Gasteiger partial charge in [-0.25, -0.2) is 0 Å². The van der Waals surface area contributed by atoms with E-state index in [9.17, 15) is 0 Å². The van der Waals surface area contributed by atoms with Crippen molar-refractivity contribution in [2.24, 2.45) is 5.92 Å². The normalized spacial score (nSPS) is 23.0. The molecule has 2 aliphatic rings. The van der Waals surface area contributed by atoms with E-state index in [-0.39, 0.29) is 0 Å². The van der Waals surface area contributed by atoms with Gasteiger partial charge in [0.2, 0.25) is 0 Å². The number of fused-ring (bicyclic) bond motifs is 1. The van der Waals surface area contributed by atoms with E-state index in [1.165, 1.54) is 32.1 Å².